The second-order valence-corrected chi connectivity index (χ2v) is 5.38. The van der Waals surface area contributed by atoms with E-state index >= 15 is 0 Å². The normalized spacial score (nSPS) is 25.1. The Hall–Kier alpha value is -0.580. The zero-order valence-electron chi connectivity index (χ0n) is 10.9. The van der Waals surface area contributed by atoms with Gasteiger partial charge in [-0.25, -0.2) is 0 Å². The van der Waals surface area contributed by atoms with E-state index in [1.165, 1.54) is 5.56 Å². The number of morpholine rings is 1. The van der Waals surface area contributed by atoms with Gasteiger partial charge in [0.1, 0.15) is 5.75 Å². The average Bonchev–Trinajstić information content (AvgIpc) is 2.42. The Morgan fingerprint density at radius 3 is 2.72 bits per heavy atom. The summed E-state index contributed by atoms with van der Waals surface area (Å²) in [5.74, 6) is 0.909. The Bertz CT molecular complexity index is 369. The first-order valence-electron chi connectivity index (χ1n) is 6.27. The molecular weight excluding hydrogens is 294 g/mol. The van der Waals surface area contributed by atoms with Crippen LogP contribution >= 0.6 is 15.9 Å². The Morgan fingerprint density at radius 1 is 1.39 bits per heavy atom. The third kappa shape index (κ3) is 3.46. The molecule has 1 heterocycles. The third-order valence-corrected chi connectivity index (χ3v) is 4.07. The summed E-state index contributed by atoms with van der Waals surface area (Å²) in [4.78, 5) is 2.47. The van der Waals surface area contributed by atoms with Crippen molar-refractivity contribution < 1.29 is 9.47 Å². The minimum absolute atomic E-state index is 0.305. The van der Waals surface area contributed by atoms with Crippen molar-refractivity contribution in [1.29, 1.82) is 0 Å². The Kier molecular flexibility index (Phi) is 5.03. The summed E-state index contributed by atoms with van der Waals surface area (Å²) in [6.07, 6.45) is 0.305. The highest BCUT2D eigenvalue weighted by Crippen LogP contribution is 2.18. The number of halogens is 1. The van der Waals surface area contributed by atoms with Crippen molar-refractivity contribution in [3.05, 3.63) is 29.8 Å². The van der Waals surface area contributed by atoms with Gasteiger partial charge >= 0.3 is 0 Å². The highest BCUT2D eigenvalue weighted by Gasteiger charge is 2.25. The van der Waals surface area contributed by atoms with Crippen LogP contribution in [0.1, 0.15) is 12.5 Å². The molecule has 18 heavy (non-hydrogen) atoms. The number of hydrogen-bond acceptors (Lipinski definition) is 3. The lowest BCUT2D eigenvalue weighted by atomic mass is 10.1. The van der Waals surface area contributed by atoms with Crippen LogP contribution in [0.5, 0.6) is 5.75 Å². The van der Waals surface area contributed by atoms with Crippen LogP contribution in [0.2, 0.25) is 0 Å². The molecule has 0 amide bonds. The molecule has 0 radical (unpaired) electrons. The van der Waals surface area contributed by atoms with Crippen molar-refractivity contribution in [2.75, 3.05) is 25.6 Å². The topological polar surface area (TPSA) is 21.7 Å². The number of rotatable bonds is 4. The van der Waals surface area contributed by atoms with E-state index in [1.807, 2.05) is 12.1 Å². The van der Waals surface area contributed by atoms with Crippen LogP contribution in [0.4, 0.5) is 0 Å². The van der Waals surface area contributed by atoms with Gasteiger partial charge in [0.2, 0.25) is 0 Å². The number of nitrogens with zero attached hydrogens (tertiary/aromatic N) is 1. The van der Waals surface area contributed by atoms with E-state index < -0.39 is 0 Å². The van der Waals surface area contributed by atoms with Gasteiger partial charge in [0.25, 0.3) is 0 Å². The Labute approximate surface area is 117 Å². The van der Waals surface area contributed by atoms with Crippen LogP contribution in [0, 0.1) is 0 Å². The molecule has 3 nitrogen and oxygen atoms in total. The molecule has 1 aromatic rings. The van der Waals surface area contributed by atoms with Crippen LogP contribution in [0.3, 0.4) is 0 Å². The second kappa shape index (κ2) is 6.55. The summed E-state index contributed by atoms with van der Waals surface area (Å²) in [7, 11) is 1.69. The van der Waals surface area contributed by atoms with Gasteiger partial charge in [-0.3, -0.25) is 4.90 Å². The third-order valence-electron chi connectivity index (χ3n) is 3.35. The first-order valence-corrected chi connectivity index (χ1v) is 7.39. The first-order chi connectivity index (χ1) is 8.72. The standard InChI is InChI=1S/C14H20BrNO2/c1-11-10-18-14(7-15)9-16(11)8-12-3-5-13(17-2)6-4-12/h3-6,11,14H,7-10H2,1-2H3. The van der Waals surface area contributed by atoms with Crippen LogP contribution < -0.4 is 4.74 Å². The number of ether oxygens (including phenoxy) is 2. The van der Waals surface area contributed by atoms with Crippen molar-refractivity contribution in [1.82, 2.24) is 4.90 Å². The van der Waals surface area contributed by atoms with E-state index in [-0.39, 0.29) is 0 Å². The van der Waals surface area contributed by atoms with E-state index in [9.17, 15) is 0 Å². The van der Waals surface area contributed by atoms with Crippen molar-refractivity contribution >= 4 is 15.9 Å². The van der Waals surface area contributed by atoms with Gasteiger partial charge in [-0.1, -0.05) is 28.1 Å². The molecule has 0 spiro atoms. The first kappa shape index (κ1) is 13.8. The predicted octanol–water partition coefficient (Wildman–Crippen LogP) is 2.68. The van der Waals surface area contributed by atoms with Crippen LogP contribution in [0.15, 0.2) is 24.3 Å². The lowest BCUT2D eigenvalue weighted by Crippen LogP contribution is -2.48. The lowest BCUT2D eigenvalue weighted by molar-refractivity contribution is -0.0499. The molecule has 0 saturated carbocycles. The van der Waals surface area contributed by atoms with E-state index in [4.69, 9.17) is 9.47 Å². The molecule has 1 saturated heterocycles. The SMILES string of the molecule is COc1ccc(CN2CC(CBr)OCC2C)cc1. The highest BCUT2D eigenvalue weighted by atomic mass is 79.9. The minimum atomic E-state index is 0.305. The van der Waals surface area contributed by atoms with Gasteiger partial charge in [-0.2, -0.15) is 0 Å². The summed E-state index contributed by atoms with van der Waals surface area (Å²) in [5.41, 5.74) is 1.32. The zero-order chi connectivity index (χ0) is 13.0. The number of alkyl halides is 1. The fraction of sp³-hybridized carbons (Fsp3) is 0.571. The summed E-state index contributed by atoms with van der Waals surface area (Å²) < 4.78 is 10.9. The largest absolute Gasteiger partial charge is 0.497 e. The van der Waals surface area contributed by atoms with E-state index in [0.717, 1.165) is 30.8 Å². The molecule has 4 heteroatoms. The maximum Gasteiger partial charge on any atom is 0.118 e. The summed E-state index contributed by atoms with van der Waals surface area (Å²) in [6, 6.07) is 8.77. The molecule has 1 aromatic carbocycles. The Morgan fingerprint density at radius 2 is 2.11 bits per heavy atom. The zero-order valence-corrected chi connectivity index (χ0v) is 12.5. The molecular formula is C14H20BrNO2. The molecule has 0 aliphatic carbocycles. The van der Waals surface area contributed by atoms with Crippen molar-refractivity contribution in [3.8, 4) is 5.75 Å². The van der Waals surface area contributed by atoms with Crippen LogP contribution in [-0.2, 0) is 11.3 Å². The summed E-state index contributed by atoms with van der Waals surface area (Å²) in [5, 5.41) is 0.902. The van der Waals surface area contributed by atoms with Gasteiger partial charge in [-0.15, -0.1) is 0 Å². The molecule has 0 aromatic heterocycles. The van der Waals surface area contributed by atoms with Gasteiger partial charge in [0, 0.05) is 24.5 Å². The molecule has 0 bridgehead atoms. The van der Waals surface area contributed by atoms with E-state index in [1.54, 1.807) is 7.11 Å². The quantitative estimate of drug-likeness (QED) is 0.798. The van der Waals surface area contributed by atoms with Gasteiger partial charge in [0.15, 0.2) is 0 Å². The Balaban J connectivity index is 1.97. The summed E-state index contributed by atoms with van der Waals surface area (Å²) in [6.45, 7) is 4.98. The molecule has 100 valence electrons. The fourth-order valence-electron chi connectivity index (χ4n) is 2.15. The highest BCUT2D eigenvalue weighted by molar-refractivity contribution is 9.09. The number of hydrogen-bond donors (Lipinski definition) is 0. The predicted molar refractivity (Wildman–Crippen MR) is 76.4 cm³/mol. The van der Waals surface area contributed by atoms with Crippen molar-refractivity contribution in [2.24, 2.45) is 0 Å². The average molecular weight is 314 g/mol. The molecule has 2 rings (SSSR count). The maximum atomic E-state index is 5.74. The number of methoxy groups -OCH3 is 1. The van der Waals surface area contributed by atoms with Crippen LogP contribution in [0.25, 0.3) is 0 Å². The molecule has 2 unspecified atom stereocenters. The maximum absolute atomic E-state index is 5.74. The molecule has 1 fully saturated rings. The van der Waals surface area contributed by atoms with Gasteiger partial charge in [0.05, 0.1) is 19.8 Å². The monoisotopic (exact) mass is 313 g/mol. The fourth-order valence-corrected chi connectivity index (χ4v) is 2.55. The van der Waals surface area contributed by atoms with Gasteiger partial charge in [-0.05, 0) is 24.6 Å². The van der Waals surface area contributed by atoms with Crippen LogP contribution in [-0.4, -0.2) is 42.6 Å². The minimum Gasteiger partial charge on any atom is -0.497 e. The second-order valence-electron chi connectivity index (χ2n) is 4.74. The van der Waals surface area contributed by atoms with Crippen molar-refractivity contribution in [3.63, 3.8) is 0 Å². The molecule has 0 N–H and O–H groups in total. The summed E-state index contributed by atoms with van der Waals surface area (Å²) >= 11 is 3.49. The molecule has 2 atom stereocenters. The number of benzene rings is 1. The smallest absolute Gasteiger partial charge is 0.118 e. The molecule has 1 aliphatic rings. The van der Waals surface area contributed by atoms with Crippen molar-refractivity contribution in [2.45, 2.75) is 25.6 Å². The van der Waals surface area contributed by atoms with Gasteiger partial charge < -0.3 is 9.47 Å². The lowest BCUT2D eigenvalue weighted by Gasteiger charge is -2.37. The van der Waals surface area contributed by atoms with E-state index in [0.29, 0.717) is 12.1 Å². The van der Waals surface area contributed by atoms with E-state index in [2.05, 4.69) is 39.9 Å². The molecule has 1 aliphatic heterocycles.